The number of carbonyl (C=O) groups excluding carboxylic acids is 1. The number of unbranched alkanes of at least 4 members (excludes halogenated alkanes) is 1. The summed E-state index contributed by atoms with van der Waals surface area (Å²) >= 11 is 0. The predicted octanol–water partition coefficient (Wildman–Crippen LogP) is 2.18. The Hall–Kier alpha value is -0.650. The summed E-state index contributed by atoms with van der Waals surface area (Å²) in [5, 5.41) is 0. The van der Waals surface area contributed by atoms with Crippen LogP contribution in [0.2, 0.25) is 0 Å². The molecule has 1 atom stereocenters. The first-order valence-electron chi connectivity index (χ1n) is 8.03. The Bertz CT molecular complexity index is 279. The fourth-order valence-electron chi connectivity index (χ4n) is 2.63. The van der Waals surface area contributed by atoms with E-state index >= 15 is 0 Å². The summed E-state index contributed by atoms with van der Waals surface area (Å²) in [4.78, 5) is 14.0. The van der Waals surface area contributed by atoms with Crippen molar-refractivity contribution in [2.45, 2.75) is 64.5 Å². The van der Waals surface area contributed by atoms with Gasteiger partial charge in [0.2, 0.25) is 0 Å². The van der Waals surface area contributed by atoms with Crippen molar-refractivity contribution in [3.8, 4) is 0 Å². The molecule has 21 heavy (non-hydrogen) atoms. The van der Waals surface area contributed by atoms with Gasteiger partial charge in [-0.1, -0.05) is 13.8 Å². The molecule has 0 aromatic carbocycles. The highest BCUT2D eigenvalue weighted by molar-refractivity contribution is 5.79. The third-order valence-corrected chi connectivity index (χ3v) is 4.08. The maximum atomic E-state index is 11.5. The molecule has 0 saturated carbocycles. The molecule has 0 spiro atoms. The van der Waals surface area contributed by atoms with Crippen molar-refractivity contribution in [2.75, 3.05) is 33.9 Å². The van der Waals surface area contributed by atoms with Gasteiger partial charge in [0, 0.05) is 19.7 Å². The number of nitrogens with zero attached hydrogens (tertiary/aromatic N) is 1. The van der Waals surface area contributed by atoms with Crippen molar-refractivity contribution in [2.24, 2.45) is 5.73 Å². The molecule has 0 aliphatic heterocycles. The summed E-state index contributed by atoms with van der Waals surface area (Å²) in [7, 11) is 3.12. The maximum Gasteiger partial charge on any atom is 0.325 e. The Morgan fingerprint density at radius 2 is 1.81 bits per heavy atom. The van der Waals surface area contributed by atoms with Crippen molar-refractivity contribution in [3.05, 3.63) is 0 Å². The fourth-order valence-corrected chi connectivity index (χ4v) is 2.63. The van der Waals surface area contributed by atoms with E-state index in [0.29, 0.717) is 12.5 Å². The van der Waals surface area contributed by atoms with Crippen LogP contribution in [0.5, 0.6) is 0 Å². The van der Waals surface area contributed by atoms with Crippen molar-refractivity contribution < 1.29 is 14.3 Å². The molecule has 0 bridgehead atoms. The van der Waals surface area contributed by atoms with E-state index in [4.69, 9.17) is 15.2 Å². The van der Waals surface area contributed by atoms with Gasteiger partial charge in [0.05, 0.1) is 13.7 Å². The van der Waals surface area contributed by atoms with Crippen LogP contribution in [0, 0.1) is 0 Å². The minimum absolute atomic E-state index is 0.335. The van der Waals surface area contributed by atoms with E-state index < -0.39 is 5.54 Å². The van der Waals surface area contributed by atoms with Gasteiger partial charge in [-0.25, -0.2) is 0 Å². The molecule has 0 fully saturated rings. The molecule has 0 saturated heterocycles. The number of nitrogens with two attached hydrogens (primary N) is 1. The van der Waals surface area contributed by atoms with Crippen molar-refractivity contribution in [3.63, 3.8) is 0 Å². The third kappa shape index (κ3) is 7.79. The molecule has 0 aliphatic carbocycles. The molecule has 0 heterocycles. The van der Waals surface area contributed by atoms with Gasteiger partial charge in [-0.05, 0) is 45.6 Å². The summed E-state index contributed by atoms with van der Waals surface area (Å²) in [6, 6.07) is 0.602. The average molecular weight is 302 g/mol. The number of ether oxygens (including phenoxy) is 2. The zero-order valence-electron chi connectivity index (χ0n) is 14.5. The summed E-state index contributed by atoms with van der Waals surface area (Å²) in [5.74, 6) is -0.335. The lowest BCUT2D eigenvalue weighted by molar-refractivity contribution is -0.146. The molecule has 0 aromatic heterocycles. The van der Waals surface area contributed by atoms with Crippen molar-refractivity contribution in [1.29, 1.82) is 0 Å². The highest BCUT2D eigenvalue weighted by Gasteiger charge is 2.28. The quantitative estimate of drug-likeness (QED) is 0.442. The number of hydrogen-bond donors (Lipinski definition) is 1. The molecular weight excluding hydrogens is 268 g/mol. The first-order chi connectivity index (χ1) is 9.92. The fraction of sp³-hybridized carbons (Fsp3) is 0.938. The zero-order valence-corrected chi connectivity index (χ0v) is 14.5. The van der Waals surface area contributed by atoms with Gasteiger partial charge in [-0.3, -0.25) is 9.69 Å². The van der Waals surface area contributed by atoms with Crippen LogP contribution in [-0.2, 0) is 14.3 Å². The molecule has 0 rings (SSSR count). The minimum atomic E-state index is -0.874. The van der Waals surface area contributed by atoms with Gasteiger partial charge >= 0.3 is 5.97 Å². The Balaban J connectivity index is 4.21. The average Bonchev–Trinajstić information content (AvgIpc) is 2.48. The highest BCUT2D eigenvalue weighted by atomic mass is 16.5. The maximum absolute atomic E-state index is 11.5. The predicted molar refractivity (Wildman–Crippen MR) is 86.3 cm³/mol. The molecule has 126 valence electrons. The summed E-state index contributed by atoms with van der Waals surface area (Å²) < 4.78 is 9.92. The van der Waals surface area contributed by atoms with Gasteiger partial charge in [0.25, 0.3) is 0 Å². The zero-order chi connectivity index (χ0) is 16.3. The molecule has 5 heteroatoms. The largest absolute Gasteiger partial charge is 0.468 e. The highest BCUT2D eigenvalue weighted by Crippen LogP contribution is 2.15. The first-order valence-corrected chi connectivity index (χ1v) is 8.03. The van der Waals surface area contributed by atoms with E-state index in [2.05, 4.69) is 18.7 Å². The van der Waals surface area contributed by atoms with Crippen molar-refractivity contribution in [1.82, 2.24) is 4.90 Å². The molecule has 0 amide bonds. The van der Waals surface area contributed by atoms with Crippen LogP contribution in [0.1, 0.15) is 52.9 Å². The standard InChI is InChI=1S/C16H34N2O3/c1-6-14(7-2)18(12-13-20-4)11-9-8-10-16(3,17)15(19)21-5/h14H,6-13,17H2,1-5H3. The van der Waals surface area contributed by atoms with Gasteiger partial charge in [0.15, 0.2) is 0 Å². The molecule has 0 aliphatic rings. The van der Waals surface area contributed by atoms with Gasteiger partial charge in [0.1, 0.15) is 5.54 Å². The van der Waals surface area contributed by atoms with Gasteiger partial charge in [-0.2, -0.15) is 0 Å². The summed E-state index contributed by atoms with van der Waals surface area (Å²) in [6.07, 6.45) is 4.91. The van der Waals surface area contributed by atoms with Crippen LogP contribution in [0.3, 0.4) is 0 Å². The second-order valence-corrected chi connectivity index (χ2v) is 5.87. The summed E-state index contributed by atoms with van der Waals surface area (Å²) in [6.45, 7) is 8.92. The number of hydrogen-bond acceptors (Lipinski definition) is 5. The monoisotopic (exact) mass is 302 g/mol. The Kier molecular flexibility index (Phi) is 10.6. The molecule has 1 unspecified atom stereocenters. The minimum Gasteiger partial charge on any atom is -0.468 e. The summed E-state index contributed by atoms with van der Waals surface area (Å²) in [5.41, 5.74) is 5.10. The lowest BCUT2D eigenvalue weighted by Crippen LogP contribution is -2.45. The second-order valence-electron chi connectivity index (χ2n) is 5.87. The van der Waals surface area contributed by atoms with Crippen LogP contribution >= 0.6 is 0 Å². The lowest BCUT2D eigenvalue weighted by atomic mass is 9.96. The van der Waals surface area contributed by atoms with E-state index in [0.717, 1.165) is 45.4 Å². The SMILES string of the molecule is CCC(CC)N(CCCCC(C)(N)C(=O)OC)CCOC. The molecule has 0 aromatic rings. The van der Waals surface area contributed by atoms with Gasteiger partial charge in [-0.15, -0.1) is 0 Å². The number of esters is 1. The Morgan fingerprint density at radius 1 is 1.19 bits per heavy atom. The molecule has 0 radical (unpaired) electrons. The van der Waals surface area contributed by atoms with Crippen molar-refractivity contribution >= 4 is 5.97 Å². The molecule has 2 N–H and O–H groups in total. The smallest absolute Gasteiger partial charge is 0.325 e. The number of methoxy groups -OCH3 is 2. The second kappa shape index (κ2) is 11.0. The normalized spacial score (nSPS) is 14.5. The third-order valence-electron chi connectivity index (χ3n) is 4.08. The van der Waals surface area contributed by atoms with Crippen LogP contribution in [-0.4, -0.2) is 56.4 Å². The first kappa shape index (κ1) is 20.3. The van der Waals surface area contributed by atoms with Crippen LogP contribution in [0.15, 0.2) is 0 Å². The van der Waals surface area contributed by atoms with E-state index in [1.54, 1.807) is 14.0 Å². The van der Waals surface area contributed by atoms with Crippen LogP contribution in [0.25, 0.3) is 0 Å². The van der Waals surface area contributed by atoms with Crippen LogP contribution < -0.4 is 5.73 Å². The van der Waals surface area contributed by atoms with E-state index in [1.165, 1.54) is 7.11 Å². The lowest BCUT2D eigenvalue weighted by Gasteiger charge is -2.30. The number of rotatable bonds is 12. The van der Waals surface area contributed by atoms with E-state index in [1.807, 2.05) is 0 Å². The molecule has 5 nitrogen and oxygen atoms in total. The molecular formula is C16H34N2O3. The Labute approximate surface area is 130 Å². The van der Waals surface area contributed by atoms with E-state index in [9.17, 15) is 4.79 Å². The topological polar surface area (TPSA) is 64.8 Å². The van der Waals surface area contributed by atoms with Crippen LogP contribution in [0.4, 0.5) is 0 Å². The number of carbonyl (C=O) groups is 1. The van der Waals surface area contributed by atoms with Gasteiger partial charge < -0.3 is 15.2 Å². The Morgan fingerprint density at radius 3 is 2.29 bits per heavy atom. The van der Waals surface area contributed by atoms with E-state index in [-0.39, 0.29) is 5.97 Å².